The van der Waals surface area contributed by atoms with E-state index in [0.717, 1.165) is 0 Å². The van der Waals surface area contributed by atoms with Crippen LogP contribution in [0.25, 0.3) is 0 Å². The fourth-order valence-corrected chi connectivity index (χ4v) is 0.960. The number of alkyl halides is 2. The maximum Gasteiger partial charge on any atom is 0.269 e. The van der Waals surface area contributed by atoms with E-state index in [4.69, 9.17) is 0 Å². The van der Waals surface area contributed by atoms with Crippen LogP contribution in [0.1, 0.15) is 30.4 Å². The van der Waals surface area contributed by atoms with E-state index < -0.39 is 6.43 Å². The van der Waals surface area contributed by atoms with Crippen molar-refractivity contribution in [2.24, 2.45) is 0 Å². The molecule has 0 N–H and O–H groups in total. The molecule has 0 spiro atoms. The van der Waals surface area contributed by atoms with Gasteiger partial charge in [-0.05, 0) is 13.3 Å². The average molecular weight is 161 g/mol. The van der Waals surface area contributed by atoms with E-state index in [1.165, 1.54) is 6.92 Å². The van der Waals surface area contributed by atoms with Gasteiger partial charge in [-0.1, -0.05) is 12.1 Å². The van der Waals surface area contributed by atoms with Crippen LogP contribution in [-0.4, -0.2) is 5.16 Å². The Morgan fingerprint density at radius 2 is 2.18 bits per heavy atom. The molecule has 0 radical (unpaired) electrons. The summed E-state index contributed by atoms with van der Waals surface area (Å²) >= 11 is 0. The van der Waals surface area contributed by atoms with Crippen molar-refractivity contribution in [3.8, 4) is 0 Å². The Morgan fingerprint density at radius 3 is 2.55 bits per heavy atom. The van der Waals surface area contributed by atoms with Crippen molar-refractivity contribution >= 4 is 0 Å². The SMILES string of the molecule is CCc1noc(C)c1C(F)F. The molecule has 0 saturated carbocycles. The van der Waals surface area contributed by atoms with E-state index in [2.05, 4.69) is 9.68 Å². The zero-order valence-corrected chi connectivity index (χ0v) is 6.40. The van der Waals surface area contributed by atoms with E-state index >= 15 is 0 Å². The number of aryl methyl sites for hydroxylation is 2. The smallest absolute Gasteiger partial charge is 0.269 e. The van der Waals surface area contributed by atoms with Crippen LogP contribution in [-0.2, 0) is 6.42 Å². The largest absolute Gasteiger partial charge is 0.361 e. The van der Waals surface area contributed by atoms with Crippen LogP contribution in [0, 0.1) is 6.92 Å². The van der Waals surface area contributed by atoms with Crippen molar-refractivity contribution in [1.82, 2.24) is 5.16 Å². The predicted molar refractivity (Wildman–Crippen MR) is 35.6 cm³/mol. The molecule has 0 aliphatic carbocycles. The van der Waals surface area contributed by atoms with Gasteiger partial charge < -0.3 is 4.52 Å². The topological polar surface area (TPSA) is 26.0 Å². The van der Waals surface area contributed by atoms with E-state index in [0.29, 0.717) is 12.1 Å². The maximum atomic E-state index is 12.2. The zero-order chi connectivity index (χ0) is 8.43. The highest BCUT2D eigenvalue weighted by molar-refractivity contribution is 5.23. The molecule has 0 atom stereocenters. The van der Waals surface area contributed by atoms with Crippen LogP contribution in [0.15, 0.2) is 4.52 Å². The summed E-state index contributed by atoms with van der Waals surface area (Å²) in [6, 6.07) is 0. The molecule has 2 nitrogen and oxygen atoms in total. The molecular formula is C7H9F2NO. The molecule has 1 aromatic heterocycles. The summed E-state index contributed by atoms with van der Waals surface area (Å²) in [6.07, 6.45) is -1.99. The standard InChI is InChI=1S/C7H9F2NO/c1-3-5-6(7(8)9)4(2)11-10-5/h7H,3H2,1-2H3. The third-order valence-electron chi connectivity index (χ3n) is 1.54. The lowest BCUT2D eigenvalue weighted by Crippen LogP contribution is -1.91. The summed E-state index contributed by atoms with van der Waals surface area (Å²) in [5, 5.41) is 3.50. The number of halogens is 2. The van der Waals surface area contributed by atoms with Crippen LogP contribution in [0.3, 0.4) is 0 Å². The summed E-state index contributed by atoms with van der Waals surface area (Å²) in [4.78, 5) is 0. The van der Waals surface area contributed by atoms with Crippen molar-refractivity contribution < 1.29 is 13.3 Å². The molecule has 0 aromatic carbocycles. The van der Waals surface area contributed by atoms with E-state index in [-0.39, 0.29) is 11.3 Å². The quantitative estimate of drug-likeness (QED) is 0.665. The molecule has 1 aromatic rings. The molecule has 0 fully saturated rings. The summed E-state index contributed by atoms with van der Waals surface area (Å²) in [6.45, 7) is 3.26. The Balaban J connectivity index is 3.07. The van der Waals surface area contributed by atoms with E-state index in [1.54, 1.807) is 6.92 Å². The first-order valence-electron chi connectivity index (χ1n) is 3.40. The summed E-state index contributed by atoms with van der Waals surface area (Å²) < 4.78 is 29.0. The van der Waals surface area contributed by atoms with Gasteiger partial charge >= 0.3 is 0 Å². The van der Waals surface area contributed by atoms with Crippen LogP contribution in [0.2, 0.25) is 0 Å². The van der Waals surface area contributed by atoms with Crippen molar-refractivity contribution in [2.75, 3.05) is 0 Å². The molecule has 0 aliphatic heterocycles. The molecule has 1 heterocycles. The van der Waals surface area contributed by atoms with Gasteiger partial charge in [0.25, 0.3) is 6.43 Å². The molecule has 0 bridgehead atoms. The van der Waals surface area contributed by atoms with Crippen molar-refractivity contribution in [3.05, 3.63) is 17.0 Å². The Bertz CT molecular complexity index is 245. The second-order valence-corrected chi connectivity index (χ2v) is 2.25. The van der Waals surface area contributed by atoms with E-state index in [1.807, 2.05) is 0 Å². The normalized spacial score (nSPS) is 11.0. The average Bonchev–Trinajstić information content (AvgIpc) is 2.30. The molecular weight excluding hydrogens is 152 g/mol. The van der Waals surface area contributed by atoms with Gasteiger partial charge in [0, 0.05) is 0 Å². The molecule has 4 heteroatoms. The maximum absolute atomic E-state index is 12.2. The van der Waals surface area contributed by atoms with Gasteiger partial charge in [-0.2, -0.15) is 0 Å². The molecule has 11 heavy (non-hydrogen) atoms. The first-order valence-corrected chi connectivity index (χ1v) is 3.40. The number of nitrogens with zero attached hydrogens (tertiary/aromatic N) is 1. The number of aromatic nitrogens is 1. The van der Waals surface area contributed by atoms with Crippen molar-refractivity contribution in [1.29, 1.82) is 0 Å². The number of rotatable bonds is 2. The van der Waals surface area contributed by atoms with Gasteiger partial charge in [-0.15, -0.1) is 0 Å². The first kappa shape index (κ1) is 8.17. The highest BCUT2D eigenvalue weighted by Crippen LogP contribution is 2.25. The van der Waals surface area contributed by atoms with Gasteiger partial charge in [0.2, 0.25) is 0 Å². The first-order chi connectivity index (χ1) is 5.16. The molecule has 0 saturated heterocycles. The second kappa shape index (κ2) is 2.98. The van der Waals surface area contributed by atoms with Gasteiger partial charge in [0.15, 0.2) is 0 Å². The highest BCUT2D eigenvalue weighted by atomic mass is 19.3. The lowest BCUT2D eigenvalue weighted by molar-refractivity contribution is 0.148. The molecule has 62 valence electrons. The highest BCUT2D eigenvalue weighted by Gasteiger charge is 2.19. The number of hydrogen-bond donors (Lipinski definition) is 0. The summed E-state index contributed by atoms with van der Waals surface area (Å²) in [7, 11) is 0. The Kier molecular flexibility index (Phi) is 2.22. The number of hydrogen-bond acceptors (Lipinski definition) is 2. The van der Waals surface area contributed by atoms with E-state index in [9.17, 15) is 8.78 Å². The Hall–Kier alpha value is -0.930. The Labute approximate surface area is 63.2 Å². The minimum absolute atomic E-state index is 0.0486. The van der Waals surface area contributed by atoms with Crippen LogP contribution < -0.4 is 0 Å². The fourth-order valence-electron chi connectivity index (χ4n) is 0.960. The lowest BCUT2D eigenvalue weighted by Gasteiger charge is -1.96. The molecule has 0 unspecified atom stereocenters. The van der Waals surface area contributed by atoms with Crippen LogP contribution in [0.4, 0.5) is 8.78 Å². The van der Waals surface area contributed by atoms with Crippen LogP contribution in [0.5, 0.6) is 0 Å². The van der Waals surface area contributed by atoms with Gasteiger partial charge in [-0.25, -0.2) is 8.78 Å². The van der Waals surface area contributed by atoms with Gasteiger partial charge in [-0.3, -0.25) is 0 Å². The monoisotopic (exact) mass is 161 g/mol. The minimum Gasteiger partial charge on any atom is -0.361 e. The third-order valence-corrected chi connectivity index (χ3v) is 1.54. The van der Waals surface area contributed by atoms with Crippen molar-refractivity contribution in [2.45, 2.75) is 26.7 Å². The van der Waals surface area contributed by atoms with Gasteiger partial charge in [0.1, 0.15) is 5.76 Å². The summed E-state index contributed by atoms with van der Waals surface area (Å²) in [5.41, 5.74) is 0.310. The predicted octanol–water partition coefficient (Wildman–Crippen LogP) is 2.48. The third kappa shape index (κ3) is 1.39. The molecule has 0 aliphatic rings. The lowest BCUT2D eigenvalue weighted by atomic mass is 10.2. The molecule has 0 amide bonds. The zero-order valence-electron chi connectivity index (χ0n) is 6.40. The molecule has 1 rings (SSSR count). The van der Waals surface area contributed by atoms with Gasteiger partial charge in [0.05, 0.1) is 11.3 Å². The fraction of sp³-hybridized carbons (Fsp3) is 0.571. The minimum atomic E-state index is -2.48. The van der Waals surface area contributed by atoms with Crippen LogP contribution >= 0.6 is 0 Å². The second-order valence-electron chi connectivity index (χ2n) is 2.25. The Morgan fingerprint density at radius 1 is 1.55 bits per heavy atom. The van der Waals surface area contributed by atoms with Crippen molar-refractivity contribution in [3.63, 3.8) is 0 Å². The summed E-state index contributed by atoms with van der Waals surface area (Å²) in [5.74, 6) is 0.219.